The van der Waals surface area contributed by atoms with E-state index < -0.39 is 10.8 Å². The molecule has 4 rings (SSSR count). The molecule has 1 aromatic heterocycles. The molecule has 1 aliphatic rings. The molecule has 0 aliphatic carbocycles. The van der Waals surface area contributed by atoms with Crippen LogP contribution < -0.4 is 15.2 Å². The maximum atomic E-state index is 11.2. The number of aromatic hydroxyl groups is 1. The minimum atomic E-state index is -0.693. The number of benzene rings is 2. The van der Waals surface area contributed by atoms with Gasteiger partial charge in [-0.15, -0.1) is 5.10 Å². The summed E-state index contributed by atoms with van der Waals surface area (Å²) < 4.78 is 10.7. The molecule has 0 saturated carbocycles. The van der Waals surface area contributed by atoms with Gasteiger partial charge in [0.05, 0.1) is 29.2 Å². The minimum Gasteiger partial charge on any atom is -0.504 e. The van der Waals surface area contributed by atoms with Crippen molar-refractivity contribution < 1.29 is 19.5 Å². The Morgan fingerprint density at radius 1 is 1.37 bits per heavy atom. The summed E-state index contributed by atoms with van der Waals surface area (Å²) in [6, 6.07) is 12.7. The molecule has 0 amide bonds. The van der Waals surface area contributed by atoms with E-state index in [0.29, 0.717) is 22.4 Å². The Kier molecular flexibility index (Phi) is 4.48. The van der Waals surface area contributed by atoms with E-state index in [1.54, 1.807) is 24.3 Å². The van der Waals surface area contributed by atoms with E-state index in [0.717, 1.165) is 0 Å². The van der Waals surface area contributed by atoms with Crippen LogP contribution in [0.2, 0.25) is 0 Å². The molecule has 2 heterocycles. The minimum absolute atomic E-state index is 0.0601. The third kappa shape index (κ3) is 2.94. The molecule has 10 nitrogen and oxygen atoms in total. The zero-order valence-electron chi connectivity index (χ0n) is 15.6. The van der Waals surface area contributed by atoms with Crippen molar-refractivity contribution in [2.75, 3.05) is 7.11 Å². The molecule has 0 radical (unpaired) electrons. The van der Waals surface area contributed by atoms with E-state index in [1.165, 1.54) is 25.3 Å². The van der Waals surface area contributed by atoms with Crippen molar-refractivity contribution in [3.8, 4) is 34.7 Å². The number of methoxy groups -OCH3 is 1. The number of aromatic nitrogens is 2. The van der Waals surface area contributed by atoms with Crippen LogP contribution in [0.1, 0.15) is 17.0 Å². The Hall–Kier alpha value is -4.52. The summed E-state index contributed by atoms with van der Waals surface area (Å²) in [4.78, 5) is 10.7. The van der Waals surface area contributed by atoms with Gasteiger partial charge in [-0.2, -0.15) is 5.26 Å². The number of rotatable bonds is 4. The zero-order valence-corrected chi connectivity index (χ0v) is 15.6. The number of nitrogens with two attached hydrogens (primary N) is 1. The van der Waals surface area contributed by atoms with Gasteiger partial charge in [0.15, 0.2) is 11.5 Å². The summed E-state index contributed by atoms with van der Waals surface area (Å²) in [5, 5.41) is 37.9. The van der Waals surface area contributed by atoms with Crippen LogP contribution in [-0.2, 0) is 0 Å². The van der Waals surface area contributed by atoms with E-state index in [-0.39, 0.29) is 34.5 Å². The quantitative estimate of drug-likeness (QED) is 0.441. The number of phenols is 1. The fourth-order valence-electron chi connectivity index (χ4n) is 3.45. The van der Waals surface area contributed by atoms with Crippen molar-refractivity contribution in [2.45, 2.75) is 5.92 Å². The van der Waals surface area contributed by atoms with Gasteiger partial charge in [0.2, 0.25) is 11.8 Å². The molecule has 1 aliphatic heterocycles. The molecule has 30 heavy (non-hydrogen) atoms. The number of ether oxygens (including phenoxy) is 2. The van der Waals surface area contributed by atoms with Crippen LogP contribution in [0, 0.1) is 21.4 Å². The summed E-state index contributed by atoms with van der Waals surface area (Å²) in [5.41, 5.74) is 8.04. The third-order valence-electron chi connectivity index (χ3n) is 4.82. The molecule has 0 fully saturated rings. The van der Waals surface area contributed by atoms with Gasteiger partial charge in [0, 0.05) is 17.7 Å². The molecule has 2 aromatic carbocycles. The maximum absolute atomic E-state index is 11.2. The van der Waals surface area contributed by atoms with Crippen molar-refractivity contribution >= 4 is 5.69 Å². The number of aromatic amines is 1. The number of phenolic OH excluding ortho intramolecular Hbond substituents is 1. The highest BCUT2D eigenvalue weighted by molar-refractivity contribution is 5.72. The van der Waals surface area contributed by atoms with Gasteiger partial charge in [0.1, 0.15) is 11.6 Å². The first-order chi connectivity index (χ1) is 14.4. The predicted molar refractivity (Wildman–Crippen MR) is 105 cm³/mol. The number of nitro groups is 1. The first kappa shape index (κ1) is 18.8. The van der Waals surface area contributed by atoms with E-state index in [2.05, 4.69) is 16.3 Å². The molecule has 150 valence electrons. The summed E-state index contributed by atoms with van der Waals surface area (Å²) in [5.74, 6) is -0.475. The highest BCUT2D eigenvalue weighted by Crippen LogP contribution is 2.47. The van der Waals surface area contributed by atoms with Gasteiger partial charge in [-0.1, -0.05) is 18.2 Å². The first-order valence-electron chi connectivity index (χ1n) is 8.72. The molecule has 4 N–H and O–H groups in total. The van der Waals surface area contributed by atoms with Gasteiger partial charge >= 0.3 is 0 Å². The van der Waals surface area contributed by atoms with Crippen LogP contribution in [-0.4, -0.2) is 27.3 Å². The van der Waals surface area contributed by atoms with Crippen LogP contribution in [0.15, 0.2) is 53.9 Å². The van der Waals surface area contributed by atoms with E-state index in [4.69, 9.17) is 15.2 Å². The van der Waals surface area contributed by atoms with E-state index in [1.807, 2.05) is 0 Å². The molecule has 0 spiro atoms. The number of fused-ring (bicyclic) bond motifs is 1. The lowest BCUT2D eigenvalue weighted by Crippen LogP contribution is -2.21. The molecule has 10 heteroatoms. The SMILES string of the molecule is COc1cc([C@H]2C(C#N)=C(N)Oc3n[nH]c(-c4cccc([N+](=O)[O-])c4)c32)ccc1O. The van der Waals surface area contributed by atoms with Crippen molar-refractivity contribution in [1.82, 2.24) is 10.2 Å². The molecular formula is C20H15N5O5. The molecule has 1 atom stereocenters. The summed E-state index contributed by atoms with van der Waals surface area (Å²) in [6.45, 7) is 0. The Balaban J connectivity index is 1.95. The predicted octanol–water partition coefficient (Wildman–Crippen LogP) is 2.92. The van der Waals surface area contributed by atoms with Crippen LogP contribution in [0.25, 0.3) is 11.3 Å². The van der Waals surface area contributed by atoms with Gasteiger partial charge in [-0.25, -0.2) is 0 Å². The summed E-state index contributed by atoms with van der Waals surface area (Å²) >= 11 is 0. The number of hydrogen-bond acceptors (Lipinski definition) is 8. The Morgan fingerprint density at radius 2 is 2.17 bits per heavy atom. The second-order valence-electron chi connectivity index (χ2n) is 6.48. The van der Waals surface area contributed by atoms with Gasteiger partial charge < -0.3 is 20.3 Å². The fraction of sp³-hybridized carbons (Fsp3) is 0.100. The lowest BCUT2D eigenvalue weighted by molar-refractivity contribution is -0.384. The summed E-state index contributed by atoms with van der Waals surface area (Å²) in [6.07, 6.45) is 0. The number of nitriles is 1. The molecule has 3 aromatic rings. The Morgan fingerprint density at radius 3 is 2.87 bits per heavy atom. The van der Waals surface area contributed by atoms with Crippen LogP contribution in [0.4, 0.5) is 5.69 Å². The molecular weight excluding hydrogens is 390 g/mol. The lowest BCUT2D eigenvalue weighted by Gasteiger charge is -2.24. The third-order valence-corrected chi connectivity index (χ3v) is 4.82. The highest BCUT2D eigenvalue weighted by Gasteiger charge is 2.36. The normalized spacial score (nSPS) is 15.1. The number of H-pyrrole nitrogens is 1. The Bertz CT molecular complexity index is 1240. The maximum Gasteiger partial charge on any atom is 0.270 e. The van der Waals surface area contributed by atoms with Gasteiger partial charge in [-0.3, -0.25) is 15.2 Å². The smallest absolute Gasteiger partial charge is 0.270 e. The van der Waals surface area contributed by atoms with Crippen molar-refractivity contribution in [1.29, 1.82) is 5.26 Å². The lowest BCUT2D eigenvalue weighted by atomic mass is 9.83. The number of non-ortho nitro benzene ring substituents is 1. The number of nitro benzene ring substituents is 1. The van der Waals surface area contributed by atoms with Crippen LogP contribution in [0.5, 0.6) is 17.4 Å². The second kappa shape index (κ2) is 7.14. The van der Waals surface area contributed by atoms with Gasteiger partial charge in [-0.05, 0) is 17.7 Å². The van der Waals surface area contributed by atoms with E-state index in [9.17, 15) is 20.5 Å². The Labute approximate surface area is 169 Å². The van der Waals surface area contributed by atoms with Crippen LogP contribution in [0.3, 0.4) is 0 Å². The van der Waals surface area contributed by atoms with Crippen molar-refractivity contribution in [3.63, 3.8) is 0 Å². The first-order valence-corrected chi connectivity index (χ1v) is 8.72. The second-order valence-corrected chi connectivity index (χ2v) is 6.48. The number of allylic oxidation sites excluding steroid dienone is 1. The number of nitrogens with one attached hydrogen (secondary N) is 1. The average molecular weight is 405 g/mol. The molecule has 0 unspecified atom stereocenters. The topological polar surface area (TPSA) is 160 Å². The van der Waals surface area contributed by atoms with E-state index >= 15 is 0 Å². The molecule has 0 bridgehead atoms. The highest BCUT2D eigenvalue weighted by atomic mass is 16.6. The summed E-state index contributed by atoms with van der Waals surface area (Å²) in [7, 11) is 1.41. The largest absolute Gasteiger partial charge is 0.504 e. The number of nitrogens with zero attached hydrogens (tertiary/aromatic N) is 3. The van der Waals surface area contributed by atoms with Gasteiger partial charge in [0.25, 0.3) is 5.69 Å². The van der Waals surface area contributed by atoms with Crippen molar-refractivity contribution in [3.05, 3.63) is 75.2 Å². The van der Waals surface area contributed by atoms with Crippen LogP contribution >= 0.6 is 0 Å². The van der Waals surface area contributed by atoms with Crippen molar-refractivity contribution in [2.24, 2.45) is 5.73 Å². The fourth-order valence-corrected chi connectivity index (χ4v) is 3.45. The monoisotopic (exact) mass is 405 g/mol. The standard InChI is InChI=1S/C20H15N5O5/c1-29-15-8-10(5-6-14(15)26)16-13(9-21)19(22)30-20-17(16)18(23-24-20)11-3-2-4-12(7-11)25(27)28/h2-8,16,26H,22H2,1H3,(H,23,24)/t16-/m0/s1. The average Bonchev–Trinajstić information content (AvgIpc) is 3.16. The number of hydrogen-bond donors (Lipinski definition) is 3. The zero-order chi connectivity index (χ0) is 21.4. The molecule has 0 saturated heterocycles.